The Morgan fingerprint density at radius 1 is 1.23 bits per heavy atom. The molecule has 1 saturated heterocycles. The Morgan fingerprint density at radius 2 is 2.08 bits per heavy atom. The van der Waals surface area contributed by atoms with Gasteiger partial charge in [-0.1, -0.05) is 18.9 Å². The van der Waals surface area contributed by atoms with E-state index in [1.807, 2.05) is 17.0 Å². The molecule has 2 amide bonds. The Labute approximate surface area is 155 Å². The zero-order chi connectivity index (χ0) is 18.2. The number of amides is 2. The maximum atomic E-state index is 12.7. The third-order valence-corrected chi connectivity index (χ3v) is 5.26. The van der Waals surface area contributed by atoms with Gasteiger partial charge in [-0.25, -0.2) is 0 Å². The van der Waals surface area contributed by atoms with Crippen LogP contribution in [0.1, 0.15) is 50.5 Å². The Hall–Kier alpha value is -1.95. The minimum absolute atomic E-state index is 0.0519. The molecule has 0 bridgehead atoms. The van der Waals surface area contributed by atoms with Crippen molar-refractivity contribution in [2.45, 2.75) is 57.6 Å². The van der Waals surface area contributed by atoms with Gasteiger partial charge in [0.2, 0.25) is 11.8 Å². The van der Waals surface area contributed by atoms with Crippen molar-refractivity contribution in [2.75, 3.05) is 19.7 Å². The van der Waals surface area contributed by atoms with Gasteiger partial charge in [0.1, 0.15) is 0 Å². The highest BCUT2D eigenvalue weighted by Crippen LogP contribution is 2.24. The van der Waals surface area contributed by atoms with Gasteiger partial charge >= 0.3 is 0 Å². The van der Waals surface area contributed by atoms with Crippen molar-refractivity contribution in [2.24, 2.45) is 5.92 Å². The fourth-order valence-electron chi connectivity index (χ4n) is 3.78. The lowest BCUT2D eigenvalue weighted by Gasteiger charge is -2.26. The van der Waals surface area contributed by atoms with Gasteiger partial charge in [-0.2, -0.15) is 0 Å². The quantitative estimate of drug-likeness (QED) is 0.773. The minimum Gasteiger partial charge on any atom is -0.376 e. The van der Waals surface area contributed by atoms with Gasteiger partial charge in [-0.3, -0.25) is 14.6 Å². The molecule has 1 atom stereocenters. The fourth-order valence-corrected chi connectivity index (χ4v) is 3.78. The predicted octanol–water partition coefficient (Wildman–Crippen LogP) is 2.29. The van der Waals surface area contributed by atoms with Crippen LogP contribution in [0.2, 0.25) is 0 Å². The standard InChI is InChI=1S/C20H29N3O3/c24-19(9-11-22-20(25)17-6-1-2-7-17)23(15-18-8-4-12-26-18)14-16-5-3-10-21-13-16/h3,5,10,13,17-18H,1-2,4,6-9,11-12,14-15H2,(H,22,25). The number of pyridine rings is 1. The summed E-state index contributed by atoms with van der Waals surface area (Å²) in [6.07, 6.45) is 10.2. The first-order valence-corrected chi connectivity index (χ1v) is 9.78. The summed E-state index contributed by atoms with van der Waals surface area (Å²) >= 11 is 0. The van der Waals surface area contributed by atoms with Crippen LogP contribution in [0.5, 0.6) is 0 Å². The van der Waals surface area contributed by atoms with Gasteiger partial charge in [-0.05, 0) is 37.3 Å². The van der Waals surface area contributed by atoms with Crippen LogP contribution in [0, 0.1) is 5.92 Å². The highest BCUT2D eigenvalue weighted by molar-refractivity contribution is 5.80. The topological polar surface area (TPSA) is 71.5 Å². The molecular weight excluding hydrogens is 330 g/mol. The molecule has 6 heteroatoms. The molecular formula is C20H29N3O3. The van der Waals surface area contributed by atoms with Crippen molar-refractivity contribution in [1.82, 2.24) is 15.2 Å². The maximum Gasteiger partial charge on any atom is 0.224 e. The summed E-state index contributed by atoms with van der Waals surface area (Å²) in [7, 11) is 0. The van der Waals surface area contributed by atoms with E-state index in [4.69, 9.17) is 4.74 Å². The first-order chi connectivity index (χ1) is 12.7. The molecule has 0 aromatic carbocycles. The van der Waals surface area contributed by atoms with E-state index in [1.54, 1.807) is 12.4 Å². The van der Waals surface area contributed by atoms with Crippen molar-refractivity contribution in [3.8, 4) is 0 Å². The van der Waals surface area contributed by atoms with Crippen LogP contribution in [0.25, 0.3) is 0 Å². The molecule has 0 radical (unpaired) electrons. The number of hydrogen-bond donors (Lipinski definition) is 1. The Bertz CT molecular complexity index is 581. The van der Waals surface area contributed by atoms with Crippen LogP contribution in [-0.4, -0.2) is 47.5 Å². The number of carbonyl (C=O) groups is 2. The highest BCUT2D eigenvalue weighted by Gasteiger charge is 2.24. The third kappa shape index (κ3) is 5.53. The average Bonchev–Trinajstić information content (AvgIpc) is 3.36. The average molecular weight is 359 g/mol. The third-order valence-electron chi connectivity index (χ3n) is 5.26. The van der Waals surface area contributed by atoms with Crippen LogP contribution in [0.15, 0.2) is 24.5 Å². The first kappa shape index (κ1) is 18.8. The van der Waals surface area contributed by atoms with Gasteiger partial charge in [0.15, 0.2) is 0 Å². The van der Waals surface area contributed by atoms with Crippen LogP contribution >= 0.6 is 0 Å². The van der Waals surface area contributed by atoms with Crippen molar-refractivity contribution in [1.29, 1.82) is 0 Å². The molecule has 1 aliphatic heterocycles. The van der Waals surface area contributed by atoms with E-state index in [0.29, 0.717) is 26.1 Å². The lowest BCUT2D eigenvalue weighted by molar-refractivity contribution is -0.133. The SMILES string of the molecule is O=C(NCCC(=O)N(Cc1cccnc1)CC1CCCO1)C1CCCC1. The number of ether oxygens (including phenoxy) is 1. The Kier molecular flexibility index (Phi) is 7.00. The highest BCUT2D eigenvalue weighted by atomic mass is 16.5. The van der Waals surface area contributed by atoms with Gasteiger partial charge in [0.25, 0.3) is 0 Å². The second-order valence-corrected chi connectivity index (χ2v) is 7.29. The van der Waals surface area contributed by atoms with Crippen LogP contribution in [0.4, 0.5) is 0 Å². The lowest BCUT2D eigenvalue weighted by atomic mass is 10.1. The van der Waals surface area contributed by atoms with Crippen molar-refractivity contribution < 1.29 is 14.3 Å². The lowest BCUT2D eigenvalue weighted by Crippen LogP contribution is -2.39. The van der Waals surface area contributed by atoms with Crippen molar-refractivity contribution >= 4 is 11.8 Å². The summed E-state index contributed by atoms with van der Waals surface area (Å²) in [5, 5.41) is 2.94. The summed E-state index contributed by atoms with van der Waals surface area (Å²) in [6, 6.07) is 3.86. The second-order valence-electron chi connectivity index (χ2n) is 7.29. The van der Waals surface area contributed by atoms with E-state index in [2.05, 4.69) is 10.3 Å². The summed E-state index contributed by atoms with van der Waals surface area (Å²) in [5.41, 5.74) is 1.01. The summed E-state index contributed by atoms with van der Waals surface area (Å²) in [5.74, 6) is 0.299. The van der Waals surface area contributed by atoms with E-state index < -0.39 is 0 Å². The molecule has 1 unspecified atom stereocenters. The molecule has 3 rings (SSSR count). The van der Waals surface area contributed by atoms with E-state index >= 15 is 0 Å². The molecule has 0 spiro atoms. The maximum absolute atomic E-state index is 12.7. The molecule has 1 aromatic rings. The summed E-state index contributed by atoms with van der Waals surface area (Å²) in [4.78, 5) is 30.8. The monoisotopic (exact) mass is 359 g/mol. The fraction of sp³-hybridized carbons (Fsp3) is 0.650. The molecule has 1 aliphatic carbocycles. The van der Waals surface area contributed by atoms with E-state index in [0.717, 1.165) is 50.7 Å². The molecule has 1 N–H and O–H groups in total. The predicted molar refractivity (Wildman–Crippen MR) is 98.2 cm³/mol. The molecule has 6 nitrogen and oxygen atoms in total. The molecule has 1 saturated carbocycles. The van der Waals surface area contributed by atoms with Crippen LogP contribution < -0.4 is 5.32 Å². The zero-order valence-electron chi connectivity index (χ0n) is 15.4. The van der Waals surface area contributed by atoms with Crippen molar-refractivity contribution in [3.05, 3.63) is 30.1 Å². The zero-order valence-corrected chi connectivity index (χ0v) is 15.4. The van der Waals surface area contributed by atoms with Gasteiger partial charge in [0.05, 0.1) is 6.10 Å². The van der Waals surface area contributed by atoms with E-state index in [9.17, 15) is 9.59 Å². The number of hydrogen-bond acceptors (Lipinski definition) is 4. The number of aromatic nitrogens is 1. The second kappa shape index (κ2) is 9.67. The van der Waals surface area contributed by atoms with E-state index in [-0.39, 0.29) is 23.8 Å². The number of carbonyl (C=O) groups excluding carboxylic acids is 2. The normalized spacial score (nSPS) is 20.2. The Morgan fingerprint density at radius 3 is 2.77 bits per heavy atom. The summed E-state index contributed by atoms with van der Waals surface area (Å²) in [6.45, 7) is 2.31. The first-order valence-electron chi connectivity index (χ1n) is 9.78. The number of nitrogens with one attached hydrogen (secondary N) is 1. The van der Waals surface area contributed by atoms with Gasteiger partial charge in [0, 0.05) is 51.0 Å². The molecule has 1 aromatic heterocycles. The van der Waals surface area contributed by atoms with Gasteiger partial charge in [-0.15, -0.1) is 0 Å². The largest absolute Gasteiger partial charge is 0.376 e. The Balaban J connectivity index is 1.50. The molecule has 142 valence electrons. The minimum atomic E-state index is 0.0519. The molecule has 26 heavy (non-hydrogen) atoms. The smallest absolute Gasteiger partial charge is 0.224 e. The van der Waals surface area contributed by atoms with E-state index in [1.165, 1.54) is 0 Å². The summed E-state index contributed by atoms with van der Waals surface area (Å²) < 4.78 is 5.70. The molecule has 2 aliphatic rings. The molecule has 2 heterocycles. The number of rotatable bonds is 8. The van der Waals surface area contributed by atoms with Gasteiger partial charge < -0.3 is 15.0 Å². The van der Waals surface area contributed by atoms with Crippen LogP contribution in [0.3, 0.4) is 0 Å². The number of nitrogens with zero attached hydrogens (tertiary/aromatic N) is 2. The van der Waals surface area contributed by atoms with Crippen LogP contribution in [-0.2, 0) is 20.9 Å². The molecule has 2 fully saturated rings. The van der Waals surface area contributed by atoms with Crippen molar-refractivity contribution in [3.63, 3.8) is 0 Å².